The van der Waals surface area contributed by atoms with Crippen molar-refractivity contribution in [3.8, 4) is 5.75 Å². The molecule has 0 unspecified atom stereocenters. The van der Waals surface area contributed by atoms with Crippen LogP contribution >= 0.6 is 0 Å². The molecule has 1 amide bonds. The van der Waals surface area contributed by atoms with Gasteiger partial charge in [-0.25, -0.2) is 0 Å². The summed E-state index contributed by atoms with van der Waals surface area (Å²) in [5, 5.41) is 2.86. The molecule has 0 saturated heterocycles. The smallest absolute Gasteiger partial charge is 0.255 e. The largest absolute Gasteiger partial charge is 0.495 e. The molecule has 3 rings (SSSR count). The zero-order valence-corrected chi connectivity index (χ0v) is 15.8. The maximum Gasteiger partial charge on any atom is 0.255 e. The standard InChI is InChI=1S/C23H29NO2/c1-23(2,3)19-12-10-16(11-13-19)22(25)24-20-14-17-8-6-5-7-9-18(17)15-21(20)26-4/h10-15H,5-9H2,1-4H3,(H,24,25)/i4D3. The van der Waals surface area contributed by atoms with E-state index in [2.05, 4.69) is 26.1 Å². The van der Waals surface area contributed by atoms with Crippen LogP contribution in [-0.4, -0.2) is 12.9 Å². The minimum absolute atomic E-state index is 0.00667. The molecule has 0 atom stereocenters. The molecular weight excluding hydrogens is 322 g/mol. The Morgan fingerprint density at radius 3 is 2.31 bits per heavy atom. The Labute approximate surface area is 161 Å². The summed E-state index contributed by atoms with van der Waals surface area (Å²) in [6.45, 7) is 6.36. The molecule has 0 fully saturated rings. The van der Waals surface area contributed by atoms with Crippen molar-refractivity contribution in [3.63, 3.8) is 0 Å². The number of nitrogens with one attached hydrogen (secondary N) is 1. The van der Waals surface area contributed by atoms with Crippen LogP contribution in [0.1, 0.15) is 71.2 Å². The molecule has 1 N–H and O–H groups in total. The third-order valence-corrected chi connectivity index (χ3v) is 5.07. The Balaban J connectivity index is 1.90. The van der Waals surface area contributed by atoms with Crippen LogP contribution in [0.3, 0.4) is 0 Å². The predicted molar refractivity (Wildman–Crippen MR) is 107 cm³/mol. The van der Waals surface area contributed by atoms with E-state index in [4.69, 9.17) is 8.85 Å². The number of benzene rings is 2. The molecule has 0 saturated carbocycles. The van der Waals surface area contributed by atoms with Gasteiger partial charge in [0.25, 0.3) is 5.91 Å². The summed E-state index contributed by atoms with van der Waals surface area (Å²) in [4.78, 5) is 12.8. The number of ether oxygens (including phenoxy) is 1. The molecule has 2 aromatic rings. The van der Waals surface area contributed by atoms with Gasteiger partial charge >= 0.3 is 0 Å². The summed E-state index contributed by atoms with van der Waals surface area (Å²) < 4.78 is 27.7. The quantitative estimate of drug-likeness (QED) is 0.738. The average molecular weight is 355 g/mol. The van der Waals surface area contributed by atoms with Gasteiger partial charge in [0.2, 0.25) is 0 Å². The molecule has 3 heteroatoms. The third-order valence-electron chi connectivity index (χ3n) is 5.07. The van der Waals surface area contributed by atoms with Crippen LogP contribution in [0.25, 0.3) is 0 Å². The van der Waals surface area contributed by atoms with Gasteiger partial charge in [0.05, 0.1) is 16.8 Å². The van der Waals surface area contributed by atoms with Gasteiger partial charge in [0, 0.05) is 5.56 Å². The Kier molecular flexibility index (Phi) is 4.29. The van der Waals surface area contributed by atoms with E-state index in [-0.39, 0.29) is 17.1 Å². The minimum Gasteiger partial charge on any atom is -0.495 e. The topological polar surface area (TPSA) is 38.3 Å². The zero-order chi connectivity index (χ0) is 21.2. The van der Waals surface area contributed by atoms with Crippen molar-refractivity contribution in [2.24, 2.45) is 0 Å². The highest BCUT2D eigenvalue weighted by atomic mass is 16.5. The second kappa shape index (κ2) is 7.53. The molecule has 0 bridgehead atoms. The van der Waals surface area contributed by atoms with Crippen molar-refractivity contribution < 1.29 is 13.6 Å². The number of hydrogen-bond donors (Lipinski definition) is 1. The van der Waals surface area contributed by atoms with Gasteiger partial charge < -0.3 is 10.1 Å². The van der Waals surface area contributed by atoms with E-state index in [0.717, 1.165) is 48.8 Å². The maximum absolute atomic E-state index is 12.8. The monoisotopic (exact) mass is 354 g/mol. The van der Waals surface area contributed by atoms with Crippen LogP contribution in [0, 0.1) is 0 Å². The highest BCUT2D eigenvalue weighted by molar-refractivity contribution is 6.05. The van der Waals surface area contributed by atoms with Crippen LogP contribution in [0.4, 0.5) is 5.69 Å². The Bertz CT molecular complexity index is 881. The van der Waals surface area contributed by atoms with Crippen LogP contribution in [-0.2, 0) is 18.3 Å². The minimum atomic E-state index is -2.58. The third kappa shape index (κ3) is 4.09. The van der Waals surface area contributed by atoms with E-state index < -0.39 is 7.04 Å². The fraction of sp³-hybridized carbons (Fsp3) is 0.435. The molecule has 1 aliphatic carbocycles. The van der Waals surface area contributed by atoms with Crippen molar-refractivity contribution in [1.29, 1.82) is 0 Å². The van der Waals surface area contributed by atoms with Crippen LogP contribution in [0.15, 0.2) is 36.4 Å². The molecule has 3 nitrogen and oxygen atoms in total. The number of aryl methyl sites for hydroxylation is 2. The Morgan fingerprint density at radius 1 is 1.04 bits per heavy atom. The summed E-state index contributed by atoms with van der Waals surface area (Å²) in [7, 11) is -2.58. The van der Waals surface area contributed by atoms with Crippen molar-refractivity contribution in [3.05, 3.63) is 58.7 Å². The number of rotatable bonds is 3. The second-order valence-electron chi connectivity index (χ2n) is 8.06. The van der Waals surface area contributed by atoms with Gasteiger partial charge in [-0.3, -0.25) is 4.79 Å². The predicted octanol–water partition coefficient (Wildman–Crippen LogP) is 5.51. The van der Waals surface area contributed by atoms with E-state index in [0.29, 0.717) is 11.3 Å². The van der Waals surface area contributed by atoms with Gasteiger partial charge in [-0.1, -0.05) is 39.3 Å². The Morgan fingerprint density at radius 2 is 1.69 bits per heavy atom. The normalized spacial score (nSPS) is 16.5. The number of hydrogen-bond acceptors (Lipinski definition) is 2. The first-order valence-electron chi connectivity index (χ1n) is 10.8. The van der Waals surface area contributed by atoms with E-state index in [1.165, 1.54) is 0 Å². The van der Waals surface area contributed by atoms with Gasteiger partial charge in [-0.05, 0) is 72.1 Å². The highest BCUT2D eigenvalue weighted by Gasteiger charge is 2.17. The molecule has 0 heterocycles. The molecule has 2 aromatic carbocycles. The first-order valence-corrected chi connectivity index (χ1v) is 9.30. The number of carbonyl (C=O) groups is 1. The summed E-state index contributed by atoms with van der Waals surface area (Å²) in [5.41, 5.74) is 4.34. The van der Waals surface area contributed by atoms with E-state index in [1.54, 1.807) is 18.2 Å². The van der Waals surface area contributed by atoms with Crippen LogP contribution in [0.2, 0.25) is 0 Å². The molecule has 0 aromatic heterocycles. The zero-order valence-electron chi connectivity index (χ0n) is 18.8. The van der Waals surface area contributed by atoms with E-state index in [9.17, 15) is 4.79 Å². The number of anilines is 1. The summed E-state index contributed by atoms with van der Waals surface area (Å²) in [6.07, 6.45) is 5.13. The van der Waals surface area contributed by atoms with Crippen LogP contribution < -0.4 is 10.1 Å². The fourth-order valence-corrected chi connectivity index (χ4v) is 3.44. The lowest BCUT2D eigenvalue weighted by Gasteiger charge is -2.19. The molecular formula is C23H29NO2. The first kappa shape index (κ1) is 14.8. The highest BCUT2D eigenvalue weighted by Crippen LogP contribution is 2.32. The van der Waals surface area contributed by atoms with Crippen LogP contribution in [0.5, 0.6) is 5.75 Å². The van der Waals surface area contributed by atoms with E-state index >= 15 is 0 Å². The lowest BCUT2D eigenvalue weighted by molar-refractivity contribution is 0.102. The molecule has 0 spiro atoms. The van der Waals surface area contributed by atoms with Crippen molar-refractivity contribution in [2.45, 2.75) is 58.3 Å². The molecule has 0 aliphatic heterocycles. The lowest BCUT2D eigenvalue weighted by Crippen LogP contribution is -2.15. The summed E-state index contributed by atoms with van der Waals surface area (Å²) in [5.74, 6) is -0.0836. The fourth-order valence-electron chi connectivity index (χ4n) is 3.44. The Hall–Kier alpha value is -2.29. The van der Waals surface area contributed by atoms with Crippen molar-refractivity contribution >= 4 is 11.6 Å². The molecule has 0 radical (unpaired) electrons. The van der Waals surface area contributed by atoms with Gasteiger partial charge in [0.1, 0.15) is 5.75 Å². The average Bonchev–Trinajstić information content (AvgIpc) is 2.85. The number of methoxy groups -OCH3 is 1. The van der Waals surface area contributed by atoms with Gasteiger partial charge in [-0.15, -0.1) is 0 Å². The maximum atomic E-state index is 12.8. The molecule has 1 aliphatic rings. The van der Waals surface area contributed by atoms with Crippen molar-refractivity contribution in [2.75, 3.05) is 12.4 Å². The van der Waals surface area contributed by atoms with E-state index in [1.807, 2.05) is 18.2 Å². The number of carbonyl (C=O) groups excluding carboxylic acids is 1. The summed E-state index contributed by atoms with van der Waals surface area (Å²) in [6, 6.07) is 11.2. The number of amides is 1. The van der Waals surface area contributed by atoms with Crippen molar-refractivity contribution in [1.82, 2.24) is 0 Å². The number of fused-ring (bicyclic) bond motifs is 1. The lowest BCUT2D eigenvalue weighted by atomic mass is 9.86. The molecule has 138 valence electrons. The van der Waals surface area contributed by atoms with Gasteiger partial charge in [0.15, 0.2) is 0 Å². The van der Waals surface area contributed by atoms with Gasteiger partial charge in [-0.2, -0.15) is 0 Å². The SMILES string of the molecule is [2H]C([2H])([2H])Oc1cc2c(cc1NC(=O)c1ccc(C(C)(C)C)cc1)CCCCC2. The first-order chi connectivity index (χ1) is 13.5. The second-order valence-corrected chi connectivity index (χ2v) is 8.06. The summed E-state index contributed by atoms with van der Waals surface area (Å²) >= 11 is 0. The molecule has 26 heavy (non-hydrogen) atoms.